The second-order valence-corrected chi connectivity index (χ2v) is 5.12. The van der Waals surface area contributed by atoms with Crippen molar-refractivity contribution in [2.24, 2.45) is 11.1 Å². The topological polar surface area (TPSA) is 35.2 Å². The third kappa shape index (κ3) is 9.35. The van der Waals surface area contributed by atoms with E-state index in [1.165, 1.54) is 0 Å². The van der Waals surface area contributed by atoms with Gasteiger partial charge in [0, 0.05) is 25.0 Å². The zero-order valence-corrected chi connectivity index (χ0v) is 11.1. The second kappa shape index (κ2) is 7.16. The largest absolute Gasteiger partial charge is 0.393 e. The van der Waals surface area contributed by atoms with Gasteiger partial charge in [0.1, 0.15) is 0 Å². The number of ether oxygens (including phenoxy) is 1. The Labute approximate surface area is 106 Å². The fraction of sp³-hybridized carbons (Fsp3) is 0.909. The summed E-state index contributed by atoms with van der Waals surface area (Å²) in [4.78, 5) is 0.453. The van der Waals surface area contributed by atoms with Crippen LogP contribution in [0.5, 0.6) is 0 Å². The molecule has 6 heteroatoms. The molecular weight excluding hydrogens is 251 g/mol. The van der Waals surface area contributed by atoms with Gasteiger partial charge in [-0.05, 0) is 19.3 Å². The van der Waals surface area contributed by atoms with Crippen LogP contribution in [0.3, 0.4) is 0 Å². The number of rotatable bonds is 8. The lowest BCUT2D eigenvalue weighted by Crippen LogP contribution is -2.29. The molecule has 2 N–H and O–H groups in total. The molecule has 0 saturated heterocycles. The molecule has 0 unspecified atom stereocenters. The molecule has 0 amide bonds. The highest BCUT2D eigenvalue weighted by atomic mass is 32.1. The van der Waals surface area contributed by atoms with Gasteiger partial charge in [0.05, 0.1) is 4.99 Å². The molecule has 0 fully saturated rings. The molecule has 102 valence electrons. The van der Waals surface area contributed by atoms with Crippen LogP contribution in [0.15, 0.2) is 0 Å². The molecule has 0 aromatic heterocycles. The van der Waals surface area contributed by atoms with Gasteiger partial charge in [0.25, 0.3) is 0 Å². The van der Waals surface area contributed by atoms with Gasteiger partial charge in [-0.25, -0.2) is 0 Å². The van der Waals surface area contributed by atoms with Crippen LogP contribution in [-0.2, 0) is 4.74 Å². The number of hydrogen-bond acceptors (Lipinski definition) is 2. The Kier molecular flexibility index (Phi) is 7.01. The third-order valence-electron chi connectivity index (χ3n) is 2.51. The lowest BCUT2D eigenvalue weighted by Gasteiger charge is -2.22. The first kappa shape index (κ1) is 16.6. The van der Waals surface area contributed by atoms with Crippen LogP contribution >= 0.6 is 12.2 Å². The molecule has 0 aliphatic rings. The summed E-state index contributed by atoms with van der Waals surface area (Å²) >= 11 is 4.90. The van der Waals surface area contributed by atoms with Gasteiger partial charge in [-0.15, -0.1) is 0 Å². The van der Waals surface area contributed by atoms with Crippen LogP contribution in [-0.4, -0.2) is 24.4 Å². The number of halogens is 3. The summed E-state index contributed by atoms with van der Waals surface area (Å²) < 4.78 is 40.5. The maximum absolute atomic E-state index is 11.8. The lowest BCUT2D eigenvalue weighted by molar-refractivity contribution is -0.137. The van der Waals surface area contributed by atoms with E-state index < -0.39 is 12.6 Å². The van der Waals surface area contributed by atoms with Crippen LogP contribution < -0.4 is 5.73 Å². The molecule has 0 aliphatic heterocycles. The Morgan fingerprint density at radius 1 is 1.12 bits per heavy atom. The summed E-state index contributed by atoms with van der Waals surface area (Å²) in [5.74, 6) is 0. The predicted octanol–water partition coefficient (Wildman–Crippen LogP) is 3.44. The van der Waals surface area contributed by atoms with Crippen molar-refractivity contribution in [3.8, 4) is 0 Å². The molecule has 0 aliphatic carbocycles. The zero-order chi connectivity index (χ0) is 13.5. The number of thiocarbonyl (C=S) groups is 1. The Morgan fingerprint density at radius 2 is 1.59 bits per heavy atom. The normalized spacial score (nSPS) is 12.8. The first-order chi connectivity index (χ1) is 7.65. The van der Waals surface area contributed by atoms with E-state index >= 15 is 0 Å². The Bertz CT molecular complexity index is 241. The SMILES string of the molecule is CC(C)(CCCOCCCC(F)(F)F)C(N)=S. The Balaban J connectivity index is 3.45. The maximum Gasteiger partial charge on any atom is 0.389 e. The van der Waals surface area contributed by atoms with Crippen molar-refractivity contribution in [3.05, 3.63) is 0 Å². The van der Waals surface area contributed by atoms with Crippen molar-refractivity contribution in [3.63, 3.8) is 0 Å². The molecule has 0 atom stereocenters. The quantitative estimate of drug-likeness (QED) is 0.542. The minimum atomic E-state index is -4.09. The average molecular weight is 271 g/mol. The van der Waals surface area contributed by atoms with Gasteiger partial charge in [0.2, 0.25) is 0 Å². The highest BCUT2D eigenvalue weighted by Crippen LogP contribution is 2.23. The number of hydrogen-bond donors (Lipinski definition) is 1. The Morgan fingerprint density at radius 3 is 2.00 bits per heavy atom. The third-order valence-corrected chi connectivity index (χ3v) is 3.06. The first-order valence-electron chi connectivity index (χ1n) is 5.59. The molecular formula is C11H20F3NOS. The minimum Gasteiger partial charge on any atom is -0.393 e. The smallest absolute Gasteiger partial charge is 0.389 e. The summed E-state index contributed by atoms with van der Waals surface area (Å²) in [5.41, 5.74) is 5.33. The van der Waals surface area contributed by atoms with Crippen LogP contribution in [0.4, 0.5) is 13.2 Å². The minimum absolute atomic E-state index is 0.0161. The molecule has 0 rings (SSSR count). The second-order valence-electron chi connectivity index (χ2n) is 4.68. The van der Waals surface area contributed by atoms with E-state index in [1.54, 1.807) is 0 Å². The number of nitrogens with two attached hydrogens (primary N) is 1. The fourth-order valence-corrected chi connectivity index (χ4v) is 1.32. The molecule has 0 radical (unpaired) electrons. The summed E-state index contributed by atoms with van der Waals surface area (Å²) in [6.45, 7) is 4.48. The summed E-state index contributed by atoms with van der Waals surface area (Å²) in [7, 11) is 0. The van der Waals surface area contributed by atoms with Crippen molar-refractivity contribution < 1.29 is 17.9 Å². The first-order valence-corrected chi connectivity index (χ1v) is 6.00. The molecule has 0 spiro atoms. The standard InChI is InChI=1S/C11H20F3NOS/c1-10(2,9(15)17)5-3-7-16-8-4-6-11(12,13)14/h3-8H2,1-2H3,(H2,15,17). The van der Waals surface area contributed by atoms with Gasteiger partial charge >= 0.3 is 6.18 Å². The van der Waals surface area contributed by atoms with E-state index in [1.807, 2.05) is 13.8 Å². The van der Waals surface area contributed by atoms with E-state index in [9.17, 15) is 13.2 Å². The Hall–Kier alpha value is -0.360. The van der Waals surface area contributed by atoms with Gasteiger partial charge in [-0.3, -0.25) is 0 Å². The van der Waals surface area contributed by atoms with Crippen molar-refractivity contribution in [1.82, 2.24) is 0 Å². The van der Waals surface area contributed by atoms with Gasteiger partial charge in [0.15, 0.2) is 0 Å². The van der Waals surface area contributed by atoms with Crippen molar-refractivity contribution in [2.45, 2.75) is 45.7 Å². The average Bonchev–Trinajstić information content (AvgIpc) is 2.14. The van der Waals surface area contributed by atoms with Crippen LogP contribution in [0.2, 0.25) is 0 Å². The summed E-state index contributed by atoms with van der Waals surface area (Å²) in [6, 6.07) is 0. The summed E-state index contributed by atoms with van der Waals surface area (Å²) in [5, 5.41) is 0. The molecule has 0 aromatic rings. The van der Waals surface area contributed by atoms with Crippen LogP contribution in [0, 0.1) is 5.41 Å². The molecule has 0 aromatic carbocycles. The van der Waals surface area contributed by atoms with Crippen molar-refractivity contribution in [2.75, 3.05) is 13.2 Å². The van der Waals surface area contributed by atoms with Gasteiger partial charge < -0.3 is 10.5 Å². The molecule has 0 saturated carbocycles. The molecule has 0 heterocycles. The summed E-state index contributed by atoms with van der Waals surface area (Å²) in [6.07, 6.45) is -3.33. The van der Waals surface area contributed by atoms with Gasteiger partial charge in [-0.2, -0.15) is 13.2 Å². The fourth-order valence-electron chi connectivity index (χ4n) is 1.22. The highest BCUT2D eigenvalue weighted by molar-refractivity contribution is 7.80. The van der Waals surface area contributed by atoms with Crippen LogP contribution in [0.1, 0.15) is 39.5 Å². The highest BCUT2D eigenvalue weighted by Gasteiger charge is 2.26. The lowest BCUT2D eigenvalue weighted by atomic mass is 9.88. The molecule has 17 heavy (non-hydrogen) atoms. The van der Waals surface area contributed by atoms with E-state index in [0.717, 1.165) is 12.8 Å². The maximum atomic E-state index is 11.8. The number of alkyl halides is 3. The van der Waals surface area contributed by atoms with Crippen molar-refractivity contribution in [1.29, 1.82) is 0 Å². The van der Waals surface area contributed by atoms with E-state index in [4.69, 9.17) is 22.7 Å². The monoisotopic (exact) mass is 271 g/mol. The molecule has 2 nitrogen and oxygen atoms in total. The zero-order valence-electron chi connectivity index (χ0n) is 10.3. The van der Waals surface area contributed by atoms with E-state index in [-0.39, 0.29) is 18.4 Å². The van der Waals surface area contributed by atoms with E-state index in [0.29, 0.717) is 11.6 Å². The predicted molar refractivity (Wildman–Crippen MR) is 65.9 cm³/mol. The van der Waals surface area contributed by atoms with Crippen molar-refractivity contribution >= 4 is 17.2 Å². The van der Waals surface area contributed by atoms with Crippen LogP contribution in [0.25, 0.3) is 0 Å². The van der Waals surface area contributed by atoms with E-state index in [2.05, 4.69) is 0 Å². The molecule has 0 bridgehead atoms. The van der Waals surface area contributed by atoms with Gasteiger partial charge in [-0.1, -0.05) is 26.1 Å².